The Hall–Kier alpha value is -4.70. The van der Waals surface area contributed by atoms with E-state index in [1.807, 2.05) is 6.07 Å². The topological polar surface area (TPSA) is 111 Å². The molecule has 0 saturated heterocycles. The number of nitrogens with one attached hydrogen (secondary N) is 2. The van der Waals surface area contributed by atoms with E-state index in [4.69, 9.17) is 53.8 Å². The van der Waals surface area contributed by atoms with Gasteiger partial charge in [-0.05, 0) is 60.2 Å². The summed E-state index contributed by atoms with van der Waals surface area (Å²) in [6.45, 7) is 0.0959. The largest absolute Gasteiger partial charge is 0.493 e. The van der Waals surface area contributed by atoms with Gasteiger partial charge in [0.15, 0.2) is 23.0 Å². The molecule has 1 amide bonds. The fraction of sp³-hybridized carbons (Fsp3) is 0.0645. The van der Waals surface area contributed by atoms with Crippen LogP contribution >= 0.6 is 34.8 Å². The fourth-order valence-corrected chi connectivity index (χ4v) is 5.36. The molecule has 4 aromatic carbocycles. The lowest BCUT2D eigenvalue weighted by Crippen LogP contribution is -2.19. The molecule has 1 aromatic heterocycles. The highest BCUT2D eigenvalue weighted by Gasteiger charge is 2.23. The Morgan fingerprint density at radius 2 is 1.74 bits per heavy atom. The number of esters is 1. The minimum absolute atomic E-state index is 0.0959. The van der Waals surface area contributed by atoms with E-state index < -0.39 is 11.9 Å². The first kappa shape index (κ1) is 28.4. The Kier molecular flexibility index (Phi) is 7.86. The van der Waals surface area contributed by atoms with Gasteiger partial charge in [-0.25, -0.2) is 10.2 Å². The number of aromatic amines is 1. The maximum Gasteiger partial charge on any atom is 0.343 e. The van der Waals surface area contributed by atoms with Gasteiger partial charge in [-0.1, -0.05) is 53.0 Å². The number of amides is 1. The number of hydrogen-bond donors (Lipinski definition) is 2. The van der Waals surface area contributed by atoms with E-state index >= 15 is 0 Å². The van der Waals surface area contributed by atoms with E-state index in [0.29, 0.717) is 54.2 Å². The molecule has 1 aliphatic rings. The minimum Gasteiger partial charge on any atom is -0.493 e. The van der Waals surface area contributed by atoms with Crippen molar-refractivity contribution in [1.29, 1.82) is 0 Å². The molecule has 9 nitrogen and oxygen atoms in total. The number of carbonyl (C=O) groups is 2. The predicted molar refractivity (Wildman–Crippen MR) is 164 cm³/mol. The standard InChI is InChI=1S/C31H20Cl3N3O6/c1-40-25-10-16(6-8-24(25)43-31(39)17-7-9-23-26(11-17)42-15-41-23)14-35-37-30(38)29-27(19-4-2-3-5-21(19)33)20-12-18(32)13-22(34)28(20)36-29/h2-14,36H,15H2,1H3,(H,37,38). The summed E-state index contributed by atoms with van der Waals surface area (Å²) in [7, 11) is 1.44. The molecule has 5 aromatic rings. The predicted octanol–water partition coefficient (Wildman–Crippen LogP) is 7.52. The Balaban J connectivity index is 1.22. The first-order chi connectivity index (χ1) is 20.8. The highest BCUT2D eigenvalue weighted by molar-refractivity contribution is 6.39. The van der Waals surface area contributed by atoms with Gasteiger partial charge in [-0.2, -0.15) is 5.10 Å². The van der Waals surface area contributed by atoms with Crippen molar-refractivity contribution in [2.45, 2.75) is 0 Å². The van der Waals surface area contributed by atoms with E-state index in [2.05, 4.69) is 15.5 Å². The Labute approximate surface area is 259 Å². The summed E-state index contributed by atoms with van der Waals surface area (Å²) in [5.41, 5.74) is 5.28. The van der Waals surface area contributed by atoms with Crippen LogP contribution < -0.4 is 24.4 Å². The number of H-pyrrole nitrogens is 1. The molecule has 0 bridgehead atoms. The average molecular weight is 637 g/mol. The van der Waals surface area contributed by atoms with Crippen molar-refractivity contribution >= 4 is 63.8 Å². The van der Waals surface area contributed by atoms with Crippen LogP contribution in [0.3, 0.4) is 0 Å². The molecule has 0 fully saturated rings. The zero-order chi connectivity index (χ0) is 30.1. The fourth-order valence-electron chi connectivity index (χ4n) is 4.59. The van der Waals surface area contributed by atoms with Gasteiger partial charge in [0.1, 0.15) is 5.69 Å². The molecule has 0 spiro atoms. The van der Waals surface area contributed by atoms with Gasteiger partial charge in [0.05, 0.1) is 29.4 Å². The second-order valence-corrected chi connectivity index (χ2v) is 10.5. The van der Waals surface area contributed by atoms with Gasteiger partial charge in [0.2, 0.25) is 6.79 Å². The van der Waals surface area contributed by atoms with E-state index in [1.54, 1.807) is 66.7 Å². The number of carbonyl (C=O) groups excluding carboxylic acids is 2. The maximum atomic E-state index is 13.3. The van der Waals surface area contributed by atoms with Crippen LogP contribution in [0.2, 0.25) is 15.1 Å². The zero-order valence-electron chi connectivity index (χ0n) is 22.2. The number of halogens is 3. The number of methoxy groups -OCH3 is 1. The number of fused-ring (bicyclic) bond motifs is 2. The van der Waals surface area contributed by atoms with Crippen molar-refractivity contribution in [2.24, 2.45) is 5.10 Å². The molecular formula is C31H20Cl3N3O6. The van der Waals surface area contributed by atoms with Crippen LogP contribution in [-0.4, -0.2) is 37.0 Å². The number of benzene rings is 4. The third kappa shape index (κ3) is 5.70. The highest BCUT2D eigenvalue weighted by atomic mass is 35.5. The summed E-state index contributed by atoms with van der Waals surface area (Å²) in [5, 5.41) is 5.95. The Morgan fingerprint density at radius 1 is 0.930 bits per heavy atom. The van der Waals surface area contributed by atoms with Gasteiger partial charge in [0.25, 0.3) is 5.91 Å². The second kappa shape index (κ2) is 11.9. The summed E-state index contributed by atoms with van der Waals surface area (Å²) in [5.74, 6) is 0.378. The van der Waals surface area contributed by atoms with Crippen molar-refractivity contribution in [2.75, 3.05) is 13.9 Å². The molecule has 0 atom stereocenters. The molecule has 0 radical (unpaired) electrons. The lowest BCUT2D eigenvalue weighted by atomic mass is 10.0. The van der Waals surface area contributed by atoms with Crippen molar-refractivity contribution in [1.82, 2.24) is 10.4 Å². The molecule has 2 N–H and O–H groups in total. The number of nitrogens with zero attached hydrogens (tertiary/aromatic N) is 1. The van der Waals surface area contributed by atoms with Crippen molar-refractivity contribution < 1.29 is 28.5 Å². The summed E-state index contributed by atoms with van der Waals surface area (Å²) in [6.07, 6.45) is 1.42. The molecule has 0 saturated carbocycles. The number of rotatable bonds is 7. The number of hydrogen-bond acceptors (Lipinski definition) is 7. The van der Waals surface area contributed by atoms with Crippen molar-refractivity contribution in [3.63, 3.8) is 0 Å². The maximum absolute atomic E-state index is 13.3. The molecule has 43 heavy (non-hydrogen) atoms. The summed E-state index contributed by atoms with van der Waals surface area (Å²) in [4.78, 5) is 29.2. The molecule has 1 aliphatic heterocycles. The third-order valence-electron chi connectivity index (χ3n) is 6.57. The third-order valence-corrected chi connectivity index (χ3v) is 7.42. The van der Waals surface area contributed by atoms with E-state index in [0.717, 1.165) is 0 Å². The monoisotopic (exact) mass is 635 g/mol. The minimum atomic E-state index is -0.598. The average Bonchev–Trinajstić information content (AvgIpc) is 3.63. The number of aromatic nitrogens is 1. The van der Waals surface area contributed by atoms with E-state index in [9.17, 15) is 9.59 Å². The summed E-state index contributed by atoms with van der Waals surface area (Å²) >= 11 is 19.2. The van der Waals surface area contributed by atoms with Crippen LogP contribution in [0.1, 0.15) is 26.4 Å². The summed E-state index contributed by atoms with van der Waals surface area (Å²) in [6, 6.07) is 20.0. The molecule has 0 unspecified atom stereocenters. The first-order valence-electron chi connectivity index (χ1n) is 12.7. The quantitative estimate of drug-likeness (QED) is 0.0828. The van der Waals surface area contributed by atoms with Gasteiger partial charge in [-0.15, -0.1) is 0 Å². The van der Waals surface area contributed by atoms with Crippen molar-refractivity contribution in [3.8, 4) is 34.1 Å². The SMILES string of the molecule is COc1cc(C=NNC(=O)c2[nH]c3c(Cl)cc(Cl)cc3c2-c2ccccc2Cl)ccc1OC(=O)c1ccc2c(c1)OCO2. The normalized spacial score (nSPS) is 12.1. The molecule has 2 heterocycles. The number of hydrazone groups is 1. The Bertz CT molecular complexity index is 1940. The van der Waals surface area contributed by atoms with Gasteiger partial charge in [-0.3, -0.25) is 4.79 Å². The van der Waals surface area contributed by atoms with Crippen LogP contribution in [0.5, 0.6) is 23.0 Å². The second-order valence-electron chi connectivity index (χ2n) is 9.23. The highest BCUT2D eigenvalue weighted by Crippen LogP contribution is 2.40. The summed E-state index contributed by atoms with van der Waals surface area (Å²) < 4.78 is 21.6. The van der Waals surface area contributed by atoms with E-state index in [-0.39, 0.29) is 29.5 Å². The molecular weight excluding hydrogens is 617 g/mol. The van der Waals surface area contributed by atoms with Gasteiger partial charge >= 0.3 is 5.97 Å². The van der Waals surface area contributed by atoms with Crippen LogP contribution in [-0.2, 0) is 0 Å². The lowest BCUT2D eigenvalue weighted by molar-refractivity contribution is 0.0729. The molecule has 0 aliphatic carbocycles. The Morgan fingerprint density at radius 3 is 2.56 bits per heavy atom. The van der Waals surface area contributed by atoms with Crippen LogP contribution in [0.4, 0.5) is 0 Å². The van der Waals surface area contributed by atoms with Crippen LogP contribution in [0, 0.1) is 0 Å². The molecule has 6 rings (SSSR count). The van der Waals surface area contributed by atoms with Crippen LogP contribution in [0.15, 0.2) is 77.9 Å². The molecule has 216 valence electrons. The smallest absolute Gasteiger partial charge is 0.343 e. The number of ether oxygens (including phenoxy) is 4. The molecule has 12 heteroatoms. The van der Waals surface area contributed by atoms with Gasteiger partial charge in [0, 0.05) is 26.6 Å². The zero-order valence-corrected chi connectivity index (χ0v) is 24.5. The lowest BCUT2D eigenvalue weighted by Gasteiger charge is -2.10. The first-order valence-corrected chi connectivity index (χ1v) is 13.8. The van der Waals surface area contributed by atoms with Crippen LogP contribution in [0.25, 0.3) is 22.0 Å². The van der Waals surface area contributed by atoms with Crippen molar-refractivity contribution in [3.05, 3.63) is 105 Å². The van der Waals surface area contributed by atoms with E-state index in [1.165, 1.54) is 13.3 Å². The van der Waals surface area contributed by atoms with Gasteiger partial charge < -0.3 is 23.9 Å².